The van der Waals surface area contributed by atoms with Crippen LogP contribution in [0.3, 0.4) is 0 Å². The second-order valence-electron chi connectivity index (χ2n) is 14.3. The summed E-state index contributed by atoms with van der Waals surface area (Å²) in [6.45, 7) is 9.30. The summed E-state index contributed by atoms with van der Waals surface area (Å²) in [5, 5.41) is 8.51. The minimum Gasteiger partial charge on any atom is -0.373 e. The molecule has 0 spiro atoms. The molecule has 0 amide bonds. The molecule has 0 unspecified atom stereocenters. The van der Waals surface area contributed by atoms with Crippen LogP contribution in [0.4, 0.5) is 5.69 Å². The summed E-state index contributed by atoms with van der Waals surface area (Å²) in [6, 6.07) is 51.5. The van der Waals surface area contributed by atoms with Gasteiger partial charge in [-0.15, -0.1) is 0 Å². The summed E-state index contributed by atoms with van der Waals surface area (Å²) >= 11 is 0. The lowest BCUT2D eigenvalue weighted by Gasteiger charge is -2.17. The third-order valence-corrected chi connectivity index (χ3v) is 10.1. The van der Waals surface area contributed by atoms with Crippen LogP contribution in [-0.4, -0.2) is 11.5 Å². The van der Waals surface area contributed by atoms with Crippen molar-refractivity contribution in [1.29, 1.82) is 0 Å². The Kier molecular flexibility index (Phi) is 7.71. The zero-order valence-electron chi connectivity index (χ0n) is 29.9. The lowest BCUT2D eigenvalue weighted by atomic mass is 9.88. The Bertz CT molecular complexity index is 2680. The van der Waals surface area contributed by atoms with Gasteiger partial charge < -0.3 is 5.32 Å². The summed E-state index contributed by atoms with van der Waals surface area (Å²) in [6.07, 6.45) is 0. The summed E-state index contributed by atoms with van der Waals surface area (Å²) in [7, 11) is 0. The molecule has 2 nitrogen and oxygen atoms in total. The highest BCUT2D eigenvalue weighted by Crippen LogP contribution is 2.41. The Labute approximate surface area is 305 Å². The van der Waals surface area contributed by atoms with Crippen LogP contribution in [0.15, 0.2) is 140 Å². The third-order valence-electron chi connectivity index (χ3n) is 10.1. The van der Waals surface area contributed by atoms with Gasteiger partial charge in [-0.1, -0.05) is 101 Å². The van der Waals surface area contributed by atoms with E-state index >= 15 is 0 Å². The maximum absolute atomic E-state index is 5.33. The lowest BCUT2D eigenvalue weighted by molar-refractivity contribution is 1.29. The first kappa shape index (κ1) is 31.5. The van der Waals surface area contributed by atoms with Crippen LogP contribution in [0.2, 0.25) is 0 Å². The Hall–Kier alpha value is -6.43. The second-order valence-corrected chi connectivity index (χ2v) is 14.3. The molecule has 0 saturated carbocycles. The van der Waals surface area contributed by atoms with Crippen molar-refractivity contribution in [1.82, 2.24) is 4.98 Å². The Morgan fingerprint density at radius 1 is 0.462 bits per heavy atom. The number of pyridine rings is 1. The van der Waals surface area contributed by atoms with E-state index in [1.54, 1.807) is 0 Å². The van der Waals surface area contributed by atoms with Gasteiger partial charge in [-0.05, 0) is 155 Å². The summed E-state index contributed by atoms with van der Waals surface area (Å²) in [5.41, 5.74) is 18.2. The molecule has 1 N–H and O–H groups in total. The number of fused-ring (bicyclic) bond motifs is 4. The van der Waals surface area contributed by atoms with Crippen molar-refractivity contribution < 1.29 is 0 Å². The number of nitrogens with zero attached hydrogens (tertiary/aromatic N) is 1. The number of nitrogens with one attached hydrogen (secondary N) is 1. The number of anilines is 1. The first-order valence-electron chi connectivity index (χ1n) is 18.0. The van der Waals surface area contributed by atoms with E-state index < -0.39 is 0 Å². The fourth-order valence-corrected chi connectivity index (χ4v) is 7.91. The number of rotatable bonds is 5. The minimum atomic E-state index is 0.657. The van der Waals surface area contributed by atoms with Gasteiger partial charge in [-0.3, -0.25) is 0 Å². The standard InChI is InChI=1S/C50H38N2/c1-31-18-32(2)21-42(20-31)49-29-40(30-50(52-49)43-22-33(3)19-34(4)23-43)39-24-38(36-16-15-35-11-9-17-51-48(35)28-36)25-41(26-39)47-27-37-10-5-6-12-44(37)45-13-7-8-14-46(45)47/h5-8,10,12-16,18-30,51H,17H2,1-4H3. The first-order valence-corrected chi connectivity index (χ1v) is 18.0. The second kappa shape index (κ2) is 12.7. The van der Waals surface area contributed by atoms with Crippen LogP contribution in [0.1, 0.15) is 27.8 Å². The number of aryl methyl sites for hydroxylation is 4. The SMILES string of the molecule is Cc1cc(C)cc(-c2cc(-c3cc(-c4ccc5c(c4)NCC#C5)cc(-c4cc5ccccc5c5ccccc45)c3)cc(-c3cc(C)cc(C)c3)n2)c1. The van der Waals surface area contributed by atoms with Gasteiger partial charge in [-0.2, -0.15) is 0 Å². The predicted octanol–water partition coefficient (Wildman–Crippen LogP) is 12.7. The van der Waals surface area contributed by atoms with Crippen LogP contribution in [0.25, 0.3) is 77.4 Å². The number of hydrogen-bond acceptors (Lipinski definition) is 2. The van der Waals surface area contributed by atoms with Crippen LogP contribution < -0.4 is 5.32 Å². The molecular weight excluding hydrogens is 629 g/mol. The van der Waals surface area contributed by atoms with Crippen LogP contribution in [0.5, 0.6) is 0 Å². The molecular formula is C50H38N2. The van der Waals surface area contributed by atoms with E-state index in [1.165, 1.54) is 54.9 Å². The molecule has 248 valence electrons. The van der Waals surface area contributed by atoms with Crippen molar-refractivity contribution >= 4 is 27.2 Å². The summed E-state index contributed by atoms with van der Waals surface area (Å²) < 4.78 is 0. The maximum atomic E-state index is 5.33. The van der Waals surface area contributed by atoms with Gasteiger partial charge in [0.05, 0.1) is 23.6 Å². The zero-order chi connectivity index (χ0) is 35.3. The fourth-order valence-electron chi connectivity index (χ4n) is 7.91. The van der Waals surface area contributed by atoms with E-state index in [0.29, 0.717) is 6.54 Å². The molecule has 8 aromatic rings. The molecule has 7 aromatic carbocycles. The Morgan fingerprint density at radius 3 is 1.69 bits per heavy atom. The van der Waals surface area contributed by atoms with Crippen molar-refractivity contribution in [3.63, 3.8) is 0 Å². The molecule has 9 rings (SSSR count). The van der Waals surface area contributed by atoms with Gasteiger partial charge in [-0.25, -0.2) is 4.98 Å². The van der Waals surface area contributed by atoms with E-state index in [9.17, 15) is 0 Å². The zero-order valence-corrected chi connectivity index (χ0v) is 29.9. The lowest BCUT2D eigenvalue weighted by Crippen LogP contribution is -2.05. The largest absolute Gasteiger partial charge is 0.373 e. The first-order chi connectivity index (χ1) is 25.3. The molecule has 0 saturated heterocycles. The van der Waals surface area contributed by atoms with E-state index in [4.69, 9.17) is 4.98 Å². The molecule has 52 heavy (non-hydrogen) atoms. The molecule has 0 fully saturated rings. The Morgan fingerprint density at radius 2 is 1.02 bits per heavy atom. The van der Waals surface area contributed by atoms with Crippen molar-refractivity contribution in [3.05, 3.63) is 167 Å². The number of aromatic nitrogens is 1. The normalized spacial score (nSPS) is 11.9. The van der Waals surface area contributed by atoms with Crippen LogP contribution in [0, 0.1) is 39.5 Å². The van der Waals surface area contributed by atoms with Gasteiger partial charge in [0.25, 0.3) is 0 Å². The van der Waals surface area contributed by atoms with E-state index in [0.717, 1.165) is 56.0 Å². The highest BCUT2D eigenvalue weighted by molar-refractivity contribution is 6.14. The Balaban J connectivity index is 1.33. The predicted molar refractivity (Wildman–Crippen MR) is 221 cm³/mol. The topological polar surface area (TPSA) is 24.9 Å². The molecule has 1 aromatic heterocycles. The number of benzene rings is 7. The van der Waals surface area contributed by atoms with Crippen molar-refractivity contribution in [2.24, 2.45) is 0 Å². The smallest absolute Gasteiger partial charge is 0.0770 e. The average Bonchev–Trinajstić information content (AvgIpc) is 3.16. The van der Waals surface area contributed by atoms with Gasteiger partial charge in [0.2, 0.25) is 0 Å². The van der Waals surface area contributed by atoms with Gasteiger partial charge in [0.15, 0.2) is 0 Å². The van der Waals surface area contributed by atoms with Gasteiger partial charge in [0.1, 0.15) is 0 Å². The molecule has 1 aliphatic rings. The van der Waals surface area contributed by atoms with Gasteiger partial charge in [0, 0.05) is 16.7 Å². The summed E-state index contributed by atoms with van der Waals surface area (Å²) in [4.78, 5) is 5.33. The fraction of sp³-hybridized carbons (Fsp3) is 0.100. The molecule has 0 atom stereocenters. The number of hydrogen-bond donors (Lipinski definition) is 1. The van der Waals surface area contributed by atoms with Crippen LogP contribution >= 0.6 is 0 Å². The molecule has 0 radical (unpaired) electrons. The van der Waals surface area contributed by atoms with E-state index in [1.807, 2.05) is 0 Å². The monoisotopic (exact) mass is 666 g/mol. The maximum Gasteiger partial charge on any atom is 0.0770 e. The average molecular weight is 667 g/mol. The van der Waals surface area contributed by atoms with Crippen molar-refractivity contribution in [3.8, 4) is 67.7 Å². The highest BCUT2D eigenvalue weighted by Gasteiger charge is 2.16. The molecule has 0 bridgehead atoms. The van der Waals surface area contributed by atoms with Crippen molar-refractivity contribution in [2.45, 2.75) is 27.7 Å². The van der Waals surface area contributed by atoms with E-state index in [-0.39, 0.29) is 0 Å². The molecule has 2 heteroatoms. The van der Waals surface area contributed by atoms with Crippen LogP contribution in [-0.2, 0) is 0 Å². The van der Waals surface area contributed by atoms with E-state index in [2.05, 4.69) is 184 Å². The molecule has 2 heterocycles. The minimum absolute atomic E-state index is 0.657. The molecule has 0 aliphatic carbocycles. The quantitative estimate of drug-likeness (QED) is 0.146. The highest BCUT2D eigenvalue weighted by atomic mass is 14.9. The van der Waals surface area contributed by atoms with Gasteiger partial charge >= 0.3 is 0 Å². The third kappa shape index (κ3) is 5.91. The van der Waals surface area contributed by atoms with Crippen molar-refractivity contribution in [2.75, 3.05) is 11.9 Å². The molecule has 1 aliphatic heterocycles. The summed E-state index contributed by atoms with van der Waals surface area (Å²) in [5.74, 6) is 6.47.